The third-order valence-electron chi connectivity index (χ3n) is 2.84. The van der Waals surface area contributed by atoms with Crippen LogP contribution in [0.25, 0.3) is 0 Å². The zero-order chi connectivity index (χ0) is 14.3. The second-order valence-electron chi connectivity index (χ2n) is 4.21. The number of carbonyl (C=O) groups excluding carboxylic acids is 1. The standard InChI is InChI=1S/C13H17ClN2O3/c1-10-11(6-5-7-12(10)16(18)19)13(17)15-9-4-2-3-8-14/h5-7H,2-4,8-9H2,1H3,(H,15,17). The van der Waals surface area contributed by atoms with Crippen LogP contribution in [-0.4, -0.2) is 23.3 Å². The lowest BCUT2D eigenvalue weighted by atomic mass is 10.1. The molecule has 0 aliphatic carbocycles. The highest BCUT2D eigenvalue weighted by atomic mass is 35.5. The van der Waals surface area contributed by atoms with Crippen LogP contribution < -0.4 is 5.32 Å². The van der Waals surface area contributed by atoms with Crippen molar-refractivity contribution in [1.29, 1.82) is 0 Å². The molecular formula is C13H17ClN2O3. The highest BCUT2D eigenvalue weighted by Gasteiger charge is 2.17. The Hall–Kier alpha value is -1.62. The van der Waals surface area contributed by atoms with Gasteiger partial charge in [-0.3, -0.25) is 14.9 Å². The van der Waals surface area contributed by atoms with Gasteiger partial charge in [0, 0.05) is 29.6 Å². The third-order valence-corrected chi connectivity index (χ3v) is 3.11. The van der Waals surface area contributed by atoms with E-state index < -0.39 is 4.92 Å². The minimum Gasteiger partial charge on any atom is -0.352 e. The summed E-state index contributed by atoms with van der Waals surface area (Å²) in [5.41, 5.74) is 0.715. The van der Waals surface area contributed by atoms with Crippen LogP contribution in [0, 0.1) is 17.0 Å². The zero-order valence-electron chi connectivity index (χ0n) is 10.8. The fourth-order valence-corrected chi connectivity index (χ4v) is 1.95. The summed E-state index contributed by atoms with van der Waals surface area (Å²) in [6.45, 7) is 2.14. The van der Waals surface area contributed by atoms with Gasteiger partial charge in [0.25, 0.3) is 11.6 Å². The van der Waals surface area contributed by atoms with Gasteiger partial charge in [-0.2, -0.15) is 0 Å². The number of carbonyl (C=O) groups is 1. The Morgan fingerprint density at radius 1 is 1.37 bits per heavy atom. The Balaban J connectivity index is 2.62. The van der Waals surface area contributed by atoms with E-state index in [-0.39, 0.29) is 11.6 Å². The molecule has 0 atom stereocenters. The molecule has 0 aromatic heterocycles. The number of hydrogen-bond acceptors (Lipinski definition) is 3. The van der Waals surface area contributed by atoms with Crippen molar-refractivity contribution in [3.05, 3.63) is 39.4 Å². The van der Waals surface area contributed by atoms with Crippen LogP contribution in [0.5, 0.6) is 0 Å². The summed E-state index contributed by atoms with van der Waals surface area (Å²) < 4.78 is 0. The topological polar surface area (TPSA) is 72.2 Å². The van der Waals surface area contributed by atoms with E-state index in [0.29, 0.717) is 23.6 Å². The van der Waals surface area contributed by atoms with Gasteiger partial charge in [0.05, 0.1) is 4.92 Å². The Labute approximate surface area is 117 Å². The summed E-state index contributed by atoms with van der Waals surface area (Å²) >= 11 is 5.56. The lowest BCUT2D eigenvalue weighted by Crippen LogP contribution is -2.25. The molecule has 0 saturated heterocycles. The molecule has 0 saturated carbocycles. The average Bonchev–Trinajstić information content (AvgIpc) is 2.38. The molecule has 6 heteroatoms. The van der Waals surface area contributed by atoms with Crippen LogP contribution in [0.4, 0.5) is 5.69 Å². The SMILES string of the molecule is Cc1c(C(=O)NCCCCCCl)cccc1[N+](=O)[O-]. The van der Waals surface area contributed by atoms with Gasteiger partial charge in [0.1, 0.15) is 0 Å². The molecular weight excluding hydrogens is 268 g/mol. The Bertz CT molecular complexity index is 463. The number of benzene rings is 1. The monoisotopic (exact) mass is 284 g/mol. The number of nitrogens with zero attached hydrogens (tertiary/aromatic N) is 1. The first-order valence-electron chi connectivity index (χ1n) is 6.16. The third kappa shape index (κ3) is 4.52. The summed E-state index contributed by atoms with van der Waals surface area (Å²) in [5, 5.41) is 13.6. The summed E-state index contributed by atoms with van der Waals surface area (Å²) in [6.07, 6.45) is 2.73. The number of nitro benzene ring substituents is 1. The van der Waals surface area contributed by atoms with Crippen molar-refractivity contribution >= 4 is 23.2 Å². The molecule has 0 heterocycles. The maximum Gasteiger partial charge on any atom is 0.273 e. The first-order valence-corrected chi connectivity index (χ1v) is 6.69. The van der Waals surface area contributed by atoms with Crippen LogP contribution in [0.2, 0.25) is 0 Å². The molecule has 1 amide bonds. The van der Waals surface area contributed by atoms with Crippen molar-refractivity contribution in [2.24, 2.45) is 0 Å². The van der Waals surface area contributed by atoms with Crippen LogP contribution in [0.15, 0.2) is 18.2 Å². The Kier molecular flexibility index (Phi) is 6.29. The summed E-state index contributed by atoms with van der Waals surface area (Å²) in [6, 6.07) is 4.51. The highest BCUT2D eigenvalue weighted by molar-refractivity contribution is 6.17. The fourth-order valence-electron chi connectivity index (χ4n) is 1.76. The molecule has 0 bridgehead atoms. The molecule has 0 aliphatic rings. The van der Waals surface area contributed by atoms with E-state index in [2.05, 4.69) is 5.32 Å². The molecule has 1 aromatic rings. The van der Waals surface area contributed by atoms with Crippen molar-refractivity contribution < 1.29 is 9.72 Å². The largest absolute Gasteiger partial charge is 0.352 e. The van der Waals surface area contributed by atoms with Crippen molar-refractivity contribution in [1.82, 2.24) is 5.32 Å². The smallest absolute Gasteiger partial charge is 0.273 e. The molecule has 0 spiro atoms. The molecule has 1 rings (SSSR count). The number of amides is 1. The van der Waals surface area contributed by atoms with Crippen molar-refractivity contribution in [3.8, 4) is 0 Å². The number of rotatable bonds is 7. The maximum absolute atomic E-state index is 11.9. The number of unbranched alkanes of at least 4 members (excludes halogenated alkanes) is 2. The van der Waals surface area contributed by atoms with E-state index in [4.69, 9.17) is 11.6 Å². The van der Waals surface area contributed by atoms with E-state index in [1.165, 1.54) is 12.1 Å². The summed E-state index contributed by atoms with van der Waals surface area (Å²) in [4.78, 5) is 22.2. The quantitative estimate of drug-likeness (QED) is 0.362. The normalized spacial score (nSPS) is 10.2. The van der Waals surface area contributed by atoms with E-state index >= 15 is 0 Å². The summed E-state index contributed by atoms with van der Waals surface area (Å²) in [5.74, 6) is 0.352. The predicted octanol–water partition coefficient (Wildman–Crippen LogP) is 3.04. The number of nitrogens with one attached hydrogen (secondary N) is 1. The van der Waals surface area contributed by atoms with Gasteiger partial charge in [-0.05, 0) is 25.8 Å². The molecule has 0 radical (unpaired) electrons. The molecule has 1 aromatic carbocycles. The number of alkyl halides is 1. The first kappa shape index (κ1) is 15.4. The Morgan fingerprint density at radius 3 is 2.74 bits per heavy atom. The van der Waals surface area contributed by atoms with Crippen molar-refractivity contribution in [2.45, 2.75) is 26.2 Å². The van der Waals surface area contributed by atoms with Crippen LogP contribution >= 0.6 is 11.6 Å². The van der Waals surface area contributed by atoms with E-state index in [1.54, 1.807) is 13.0 Å². The first-order chi connectivity index (χ1) is 9.07. The molecule has 1 N–H and O–H groups in total. The lowest BCUT2D eigenvalue weighted by molar-refractivity contribution is -0.385. The van der Waals surface area contributed by atoms with Gasteiger partial charge >= 0.3 is 0 Å². The number of halogens is 1. The molecule has 5 nitrogen and oxygen atoms in total. The highest BCUT2D eigenvalue weighted by Crippen LogP contribution is 2.20. The minimum absolute atomic E-state index is 0.0326. The molecule has 0 aliphatic heterocycles. The maximum atomic E-state index is 11.9. The fraction of sp³-hybridized carbons (Fsp3) is 0.462. The van der Waals surface area contributed by atoms with Crippen molar-refractivity contribution in [2.75, 3.05) is 12.4 Å². The minimum atomic E-state index is -0.480. The van der Waals surface area contributed by atoms with Gasteiger partial charge in [-0.25, -0.2) is 0 Å². The van der Waals surface area contributed by atoms with E-state index in [9.17, 15) is 14.9 Å². The van der Waals surface area contributed by atoms with E-state index in [0.717, 1.165) is 19.3 Å². The zero-order valence-corrected chi connectivity index (χ0v) is 11.6. The Morgan fingerprint density at radius 2 is 2.11 bits per heavy atom. The molecule has 0 fully saturated rings. The van der Waals surface area contributed by atoms with Gasteiger partial charge in [-0.15, -0.1) is 11.6 Å². The molecule has 0 unspecified atom stereocenters. The predicted molar refractivity (Wildman–Crippen MR) is 74.7 cm³/mol. The number of nitro groups is 1. The van der Waals surface area contributed by atoms with E-state index in [1.807, 2.05) is 0 Å². The lowest BCUT2D eigenvalue weighted by Gasteiger charge is -2.07. The van der Waals surface area contributed by atoms with Crippen LogP contribution in [-0.2, 0) is 0 Å². The average molecular weight is 285 g/mol. The van der Waals surface area contributed by atoms with Crippen LogP contribution in [0.3, 0.4) is 0 Å². The van der Waals surface area contributed by atoms with Gasteiger partial charge in [0.15, 0.2) is 0 Å². The van der Waals surface area contributed by atoms with Crippen molar-refractivity contribution in [3.63, 3.8) is 0 Å². The molecule has 104 valence electrons. The van der Waals surface area contributed by atoms with Gasteiger partial charge < -0.3 is 5.32 Å². The van der Waals surface area contributed by atoms with Crippen LogP contribution in [0.1, 0.15) is 35.2 Å². The summed E-state index contributed by atoms with van der Waals surface area (Å²) in [7, 11) is 0. The number of hydrogen-bond donors (Lipinski definition) is 1. The molecule has 19 heavy (non-hydrogen) atoms. The second-order valence-corrected chi connectivity index (χ2v) is 4.59. The second kappa shape index (κ2) is 7.74. The van der Waals surface area contributed by atoms with Gasteiger partial charge in [0.2, 0.25) is 0 Å². The van der Waals surface area contributed by atoms with Gasteiger partial charge in [-0.1, -0.05) is 12.5 Å².